The lowest BCUT2D eigenvalue weighted by molar-refractivity contribution is 0.0299. The standard InChI is InChI=1S/C23H23N3O2/c27-23(25-13-15-28-16-14-25)22-12-11-21(17-24-22)26(20-9-5-2-6-10-20)18-19-7-3-1-4-8-19/h1-12,17H,13-16,18H2. The van der Waals surface area contributed by atoms with Crippen LogP contribution in [0, 0.1) is 0 Å². The fraction of sp³-hybridized carbons (Fsp3) is 0.217. The van der Waals surface area contributed by atoms with Gasteiger partial charge in [-0.15, -0.1) is 0 Å². The maximum Gasteiger partial charge on any atom is 0.272 e. The number of nitrogens with zero attached hydrogens (tertiary/aromatic N) is 3. The molecule has 5 nitrogen and oxygen atoms in total. The Hall–Kier alpha value is -3.18. The van der Waals surface area contributed by atoms with E-state index in [1.165, 1.54) is 5.56 Å². The molecule has 0 atom stereocenters. The van der Waals surface area contributed by atoms with Gasteiger partial charge in [0.15, 0.2) is 0 Å². The summed E-state index contributed by atoms with van der Waals surface area (Å²) < 4.78 is 5.32. The highest BCUT2D eigenvalue weighted by molar-refractivity contribution is 5.92. The zero-order valence-electron chi connectivity index (χ0n) is 15.7. The number of pyridine rings is 1. The monoisotopic (exact) mass is 373 g/mol. The van der Waals surface area contributed by atoms with Crippen LogP contribution in [0.4, 0.5) is 11.4 Å². The Bertz CT molecular complexity index is 892. The van der Waals surface area contributed by atoms with Gasteiger partial charge in [0.25, 0.3) is 5.91 Å². The Labute approximate surface area is 165 Å². The van der Waals surface area contributed by atoms with Gasteiger partial charge in [-0.05, 0) is 29.8 Å². The van der Waals surface area contributed by atoms with E-state index < -0.39 is 0 Å². The van der Waals surface area contributed by atoms with Gasteiger partial charge in [0.05, 0.1) is 25.1 Å². The van der Waals surface area contributed by atoms with Crippen molar-refractivity contribution in [3.05, 3.63) is 90.3 Å². The van der Waals surface area contributed by atoms with Crippen LogP contribution in [0.2, 0.25) is 0 Å². The number of amides is 1. The first-order valence-electron chi connectivity index (χ1n) is 9.51. The summed E-state index contributed by atoms with van der Waals surface area (Å²) in [6, 6.07) is 24.3. The molecule has 28 heavy (non-hydrogen) atoms. The van der Waals surface area contributed by atoms with E-state index in [1.54, 1.807) is 11.1 Å². The van der Waals surface area contributed by atoms with E-state index in [4.69, 9.17) is 4.74 Å². The highest BCUT2D eigenvalue weighted by Gasteiger charge is 2.20. The van der Waals surface area contributed by atoms with E-state index in [0.717, 1.165) is 17.9 Å². The summed E-state index contributed by atoms with van der Waals surface area (Å²) in [6.07, 6.45) is 1.78. The van der Waals surface area contributed by atoms with Crippen LogP contribution >= 0.6 is 0 Å². The Morgan fingerprint density at radius 1 is 0.893 bits per heavy atom. The Morgan fingerprint density at radius 2 is 1.57 bits per heavy atom. The lowest BCUT2D eigenvalue weighted by Crippen LogP contribution is -2.41. The van der Waals surface area contributed by atoms with Gasteiger partial charge in [0.1, 0.15) is 5.69 Å². The van der Waals surface area contributed by atoms with Crippen molar-refractivity contribution < 1.29 is 9.53 Å². The molecule has 0 radical (unpaired) electrons. The van der Waals surface area contributed by atoms with E-state index in [9.17, 15) is 4.79 Å². The first kappa shape index (κ1) is 18.2. The molecule has 0 bridgehead atoms. The molecule has 1 aliphatic heterocycles. The fourth-order valence-electron chi connectivity index (χ4n) is 3.31. The van der Waals surface area contributed by atoms with Gasteiger partial charge in [0.2, 0.25) is 0 Å². The number of aromatic nitrogens is 1. The van der Waals surface area contributed by atoms with Crippen molar-refractivity contribution in [3.63, 3.8) is 0 Å². The average molecular weight is 373 g/mol. The smallest absolute Gasteiger partial charge is 0.272 e. The van der Waals surface area contributed by atoms with Gasteiger partial charge in [-0.1, -0.05) is 48.5 Å². The van der Waals surface area contributed by atoms with Gasteiger partial charge >= 0.3 is 0 Å². The van der Waals surface area contributed by atoms with Crippen molar-refractivity contribution in [2.45, 2.75) is 6.54 Å². The predicted molar refractivity (Wildman–Crippen MR) is 110 cm³/mol. The van der Waals surface area contributed by atoms with Crippen LogP contribution in [0.5, 0.6) is 0 Å². The molecule has 4 rings (SSSR count). The summed E-state index contributed by atoms with van der Waals surface area (Å²) in [7, 11) is 0. The summed E-state index contributed by atoms with van der Waals surface area (Å²) in [4.78, 5) is 21.1. The largest absolute Gasteiger partial charge is 0.378 e. The number of ether oxygens (including phenoxy) is 1. The van der Waals surface area contributed by atoms with Crippen LogP contribution in [0.25, 0.3) is 0 Å². The topological polar surface area (TPSA) is 45.7 Å². The van der Waals surface area contributed by atoms with Crippen molar-refractivity contribution in [1.82, 2.24) is 9.88 Å². The van der Waals surface area contributed by atoms with Crippen molar-refractivity contribution in [2.75, 3.05) is 31.2 Å². The Kier molecular flexibility index (Phi) is 5.64. The molecular formula is C23H23N3O2. The fourth-order valence-corrected chi connectivity index (χ4v) is 3.31. The number of benzene rings is 2. The van der Waals surface area contributed by atoms with Gasteiger partial charge in [-0.2, -0.15) is 0 Å². The normalized spacial score (nSPS) is 13.9. The molecule has 2 aromatic carbocycles. The maximum atomic E-state index is 12.6. The van der Waals surface area contributed by atoms with Gasteiger partial charge in [-0.25, -0.2) is 4.98 Å². The molecule has 1 aliphatic rings. The third-order valence-corrected chi connectivity index (χ3v) is 4.83. The molecular weight excluding hydrogens is 350 g/mol. The maximum absolute atomic E-state index is 12.6. The molecule has 1 fully saturated rings. The Balaban J connectivity index is 1.58. The lowest BCUT2D eigenvalue weighted by Gasteiger charge is -2.27. The second-order valence-electron chi connectivity index (χ2n) is 6.71. The summed E-state index contributed by atoms with van der Waals surface area (Å²) in [5.41, 5.74) is 3.71. The molecule has 0 spiro atoms. The molecule has 1 amide bonds. The van der Waals surface area contributed by atoms with E-state index in [2.05, 4.69) is 34.1 Å². The van der Waals surface area contributed by atoms with Crippen molar-refractivity contribution >= 4 is 17.3 Å². The number of rotatable bonds is 5. The number of morpholine rings is 1. The lowest BCUT2D eigenvalue weighted by atomic mass is 10.1. The molecule has 1 aromatic heterocycles. The molecule has 0 saturated carbocycles. The van der Waals surface area contributed by atoms with Gasteiger partial charge < -0.3 is 14.5 Å². The minimum Gasteiger partial charge on any atom is -0.378 e. The summed E-state index contributed by atoms with van der Waals surface area (Å²) in [6.45, 7) is 3.13. The molecule has 2 heterocycles. The Morgan fingerprint density at radius 3 is 2.21 bits per heavy atom. The van der Waals surface area contributed by atoms with Crippen molar-refractivity contribution in [1.29, 1.82) is 0 Å². The average Bonchev–Trinajstić information content (AvgIpc) is 2.79. The van der Waals surface area contributed by atoms with Crippen molar-refractivity contribution in [2.24, 2.45) is 0 Å². The molecule has 3 aromatic rings. The van der Waals surface area contributed by atoms with Crippen LogP contribution in [-0.4, -0.2) is 42.1 Å². The number of para-hydroxylation sites is 1. The van der Waals surface area contributed by atoms with Crippen molar-refractivity contribution in [3.8, 4) is 0 Å². The second kappa shape index (κ2) is 8.67. The summed E-state index contributed by atoms with van der Waals surface area (Å²) in [5.74, 6) is -0.0378. The van der Waals surface area contributed by atoms with Crippen LogP contribution in [0.1, 0.15) is 16.1 Å². The highest BCUT2D eigenvalue weighted by atomic mass is 16.5. The number of hydrogen-bond donors (Lipinski definition) is 0. The number of carbonyl (C=O) groups excluding carboxylic acids is 1. The third kappa shape index (κ3) is 4.21. The summed E-state index contributed by atoms with van der Waals surface area (Å²) >= 11 is 0. The van der Waals surface area contributed by atoms with Crippen LogP contribution in [-0.2, 0) is 11.3 Å². The minimum atomic E-state index is -0.0378. The molecule has 5 heteroatoms. The highest BCUT2D eigenvalue weighted by Crippen LogP contribution is 2.27. The molecule has 1 saturated heterocycles. The predicted octanol–water partition coefficient (Wildman–Crippen LogP) is 3.89. The van der Waals surface area contributed by atoms with E-state index in [-0.39, 0.29) is 5.91 Å². The van der Waals surface area contributed by atoms with E-state index in [1.807, 2.05) is 48.5 Å². The number of carbonyl (C=O) groups is 1. The molecule has 0 N–H and O–H groups in total. The third-order valence-electron chi connectivity index (χ3n) is 4.83. The zero-order chi connectivity index (χ0) is 19.2. The van der Waals surface area contributed by atoms with Gasteiger partial charge in [0, 0.05) is 25.3 Å². The first-order chi connectivity index (χ1) is 13.8. The number of anilines is 2. The number of hydrogen-bond acceptors (Lipinski definition) is 4. The molecule has 0 unspecified atom stereocenters. The van der Waals surface area contributed by atoms with E-state index >= 15 is 0 Å². The van der Waals surface area contributed by atoms with Crippen LogP contribution in [0.15, 0.2) is 79.0 Å². The SMILES string of the molecule is O=C(c1ccc(N(Cc2ccccc2)c2ccccc2)cn1)N1CCOCC1. The van der Waals surface area contributed by atoms with E-state index in [0.29, 0.717) is 32.0 Å². The summed E-state index contributed by atoms with van der Waals surface area (Å²) in [5, 5.41) is 0. The quantitative estimate of drug-likeness (QED) is 0.681. The minimum absolute atomic E-state index is 0.0378. The van der Waals surface area contributed by atoms with Gasteiger partial charge in [-0.3, -0.25) is 4.79 Å². The van der Waals surface area contributed by atoms with Crippen LogP contribution in [0.3, 0.4) is 0 Å². The van der Waals surface area contributed by atoms with Crippen LogP contribution < -0.4 is 4.90 Å². The second-order valence-corrected chi connectivity index (χ2v) is 6.71. The molecule has 0 aliphatic carbocycles. The molecule has 142 valence electrons. The zero-order valence-corrected chi connectivity index (χ0v) is 15.7. The first-order valence-corrected chi connectivity index (χ1v) is 9.51.